The molecule has 2 unspecified atom stereocenters. The Morgan fingerprint density at radius 2 is 1.93 bits per heavy atom. The highest BCUT2D eigenvalue weighted by Gasteiger charge is 2.48. The second-order valence-corrected chi connectivity index (χ2v) is 11.7. The van der Waals surface area contributed by atoms with E-state index in [0.717, 1.165) is 38.5 Å². The number of aromatic nitrogens is 4. The van der Waals surface area contributed by atoms with Crippen molar-refractivity contribution in [1.82, 2.24) is 35.1 Å². The molecular formula is C27H38N8O7. The largest absolute Gasteiger partial charge is 0.449 e. The van der Waals surface area contributed by atoms with Gasteiger partial charge < -0.3 is 41.0 Å². The zero-order valence-corrected chi connectivity index (χ0v) is 23.4. The molecular weight excluding hydrogens is 548 g/mol. The molecule has 3 amide bonds. The van der Waals surface area contributed by atoms with Crippen LogP contribution in [-0.2, 0) is 25.5 Å². The summed E-state index contributed by atoms with van der Waals surface area (Å²) in [6.07, 6.45) is 2.55. The van der Waals surface area contributed by atoms with E-state index in [1.165, 1.54) is 10.9 Å². The molecule has 2 aromatic rings. The lowest BCUT2D eigenvalue weighted by Gasteiger charge is -2.31. The number of fused-ring (bicyclic) bond motifs is 1. The van der Waals surface area contributed by atoms with E-state index in [-0.39, 0.29) is 36.4 Å². The van der Waals surface area contributed by atoms with Crippen molar-refractivity contribution in [3.8, 4) is 0 Å². The third-order valence-corrected chi connectivity index (χ3v) is 8.65. The minimum absolute atomic E-state index is 0.0547. The molecule has 1 aliphatic carbocycles. The van der Waals surface area contributed by atoms with Crippen molar-refractivity contribution in [3.05, 3.63) is 12.2 Å². The Bertz CT molecular complexity index is 1330. The highest BCUT2D eigenvalue weighted by molar-refractivity contribution is 5.83. The predicted octanol–water partition coefficient (Wildman–Crippen LogP) is -0.386. The van der Waals surface area contributed by atoms with E-state index >= 15 is 0 Å². The van der Waals surface area contributed by atoms with E-state index in [4.69, 9.17) is 15.2 Å². The first-order valence-electron chi connectivity index (χ1n) is 14.8. The first-order chi connectivity index (χ1) is 20.3. The smallest absolute Gasteiger partial charge is 0.409 e. The van der Waals surface area contributed by atoms with Crippen LogP contribution in [0, 0.1) is 11.8 Å². The summed E-state index contributed by atoms with van der Waals surface area (Å²) >= 11 is 0. The summed E-state index contributed by atoms with van der Waals surface area (Å²) < 4.78 is 12.7. The molecule has 15 nitrogen and oxygen atoms in total. The van der Waals surface area contributed by atoms with Crippen LogP contribution in [0.1, 0.15) is 57.0 Å². The zero-order valence-electron chi connectivity index (χ0n) is 23.4. The van der Waals surface area contributed by atoms with E-state index in [1.54, 1.807) is 4.90 Å². The number of aliphatic hydroxyl groups is 2. The molecule has 4 aliphatic rings. The van der Waals surface area contributed by atoms with E-state index in [2.05, 4.69) is 25.6 Å². The van der Waals surface area contributed by atoms with Gasteiger partial charge in [-0.3, -0.25) is 14.2 Å². The number of likely N-dealkylation sites (tertiary alicyclic amines) is 1. The SMILES string of the molecule is Nc1nc(CCCC2CCN(C(=O)OCC3CCNC3=O)CC2)nc2c1ncn2[C@@H]1O[C@H](C(=O)NC2CC2)[C@H](O)C1O. The summed E-state index contributed by atoms with van der Waals surface area (Å²) in [5.74, 6) is 0.413. The van der Waals surface area contributed by atoms with Crippen molar-refractivity contribution < 1.29 is 34.1 Å². The number of imidazole rings is 1. The van der Waals surface area contributed by atoms with Crippen LogP contribution in [0.15, 0.2) is 6.33 Å². The van der Waals surface area contributed by atoms with E-state index in [1.807, 2.05) is 0 Å². The summed E-state index contributed by atoms with van der Waals surface area (Å²) in [5, 5.41) is 26.8. The lowest BCUT2D eigenvalue weighted by Crippen LogP contribution is -2.43. The minimum Gasteiger partial charge on any atom is -0.449 e. The van der Waals surface area contributed by atoms with Gasteiger partial charge in [0.15, 0.2) is 23.8 Å². The van der Waals surface area contributed by atoms with Crippen molar-refractivity contribution in [1.29, 1.82) is 0 Å². The van der Waals surface area contributed by atoms with Crippen molar-refractivity contribution >= 4 is 34.9 Å². The van der Waals surface area contributed by atoms with Gasteiger partial charge in [-0.1, -0.05) is 0 Å². The number of hydrogen-bond donors (Lipinski definition) is 5. The van der Waals surface area contributed by atoms with E-state index in [0.29, 0.717) is 55.4 Å². The summed E-state index contributed by atoms with van der Waals surface area (Å²) in [6.45, 7) is 1.98. The number of ether oxygens (including phenoxy) is 2. The Morgan fingerprint density at radius 1 is 1.14 bits per heavy atom. The second kappa shape index (κ2) is 12.0. The molecule has 42 heavy (non-hydrogen) atoms. The van der Waals surface area contributed by atoms with Crippen LogP contribution in [-0.4, -0.2) is 103 Å². The van der Waals surface area contributed by atoms with Crippen molar-refractivity contribution in [2.24, 2.45) is 11.8 Å². The Hall–Kier alpha value is -3.56. The Morgan fingerprint density at radius 3 is 2.64 bits per heavy atom. The number of piperidine rings is 1. The molecule has 5 atom stereocenters. The van der Waals surface area contributed by atoms with Gasteiger partial charge in [-0.05, 0) is 50.9 Å². The fraction of sp³-hybridized carbons (Fsp3) is 0.704. The van der Waals surface area contributed by atoms with E-state index in [9.17, 15) is 24.6 Å². The average molecular weight is 587 g/mol. The van der Waals surface area contributed by atoms with Gasteiger partial charge in [0.1, 0.15) is 30.2 Å². The number of nitrogens with two attached hydrogens (primary N) is 1. The molecule has 2 aromatic heterocycles. The van der Waals surface area contributed by atoms with Gasteiger partial charge in [-0.25, -0.2) is 19.7 Å². The number of carbonyl (C=O) groups excluding carboxylic acids is 3. The first kappa shape index (κ1) is 28.6. The number of hydrogen-bond acceptors (Lipinski definition) is 11. The monoisotopic (exact) mass is 586 g/mol. The van der Waals surface area contributed by atoms with Gasteiger partial charge >= 0.3 is 6.09 Å². The molecule has 3 aliphatic heterocycles. The lowest BCUT2D eigenvalue weighted by atomic mass is 9.91. The summed E-state index contributed by atoms with van der Waals surface area (Å²) in [6, 6.07) is 0.0926. The molecule has 228 valence electrons. The molecule has 3 saturated heterocycles. The molecule has 0 bridgehead atoms. The van der Waals surface area contributed by atoms with Crippen LogP contribution >= 0.6 is 0 Å². The normalized spacial score (nSPS) is 28.3. The van der Waals surface area contributed by atoms with Gasteiger partial charge in [0.05, 0.1) is 12.2 Å². The fourth-order valence-corrected chi connectivity index (χ4v) is 5.92. The Labute approximate surface area is 242 Å². The summed E-state index contributed by atoms with van der Waals surface area (Å²) in [4.78, 5) is 51.6. The summed E-state index contributed by atoms with van der Waals surface area (Å²) in [7, 11) is 0. The number of nitrogens with one attached hydrogen (secondary N) is 2. The highest BCUT2D eigenvalue weighted by Crippen LogP contribution is 2.33. The molecule has 0 spiro atoms. The molecule has 15 heteroatoms. The van der Waals surface area contributed by atoms with Crippen molar-refractivity contribution in [2.75, 3.05) is 32.0 Å². The Kier molecular flexibility index (Phi) is 8.14. The lowest BCUT2D eigenvalue weighted by molar-refractivity contribution is -0.137. The third kappa shape index (κ3) is 5.99. The van der Waals surface area contributed by atoms with Gasteiger partial charge in [-0.2, -0.15) is 0 Å². The zero-order chi connectivity index (χ0) is 29.4. The highest BCUT2D eigenvalue weighted by atomic mass is 16.6. The fourth-order valence-electron chi connectivity index (χ4n) is 5.92. The number of carbonyl (C=O) groups is 3. The topological polar surface area (TPSA) is 207 Å². The van der Waals surface area contributed by atoms with Gasteiger partial charge in [0.2, 0.25) is 5.91 Å². The predicted molar refractivity (Wildman–Crippen MR) is 147 cm³/mol. The number of rotatable bonds is 9. The van der Waals surface area contributed by atoms with Crippen LogP contribution in [0.25, 0.3) is 11.2 Å². The average Bonchev–Trinajstić information content (AvgIpc) is 3.40. The molecule has 6 N–H and O–H groups in total. The number of nitrogen functional groups attached to an aromatic ring is 1. The molecule has 5 heterocycles. The molecule has 0 radical (unpaired) electrons. The number of amides is 3. The van der Waals surface area contributed by atoms with Crippen LogP contribution in [0.5, 0.6) is 0 Å². The minimum atomic E-state index is -1.40. The van der Waals surface area contributed by atoms with Gasteiger partial charge in [0, 0.05) is 32.1 Å². The van der Waals surface area contributed by atoms with Crippen LogP contribution < -0.4 is 16.4 Å². The first-order valence-corrected chi connectivity index (χ1v) is 14.8. The number of anilines is 1. The Balaban J connectivity index is 1.01. The van der Waals surface area contributed by atoms with Crippen LogP contribution in [0.2, 0.25) is 0 Å². The molecule has 0 aromatic carbocycles. The summed E-state index contributed by atoms with van der Waals surface area (Å²) in [5.41, 5.74) is 6.89. The van der Waals surface area contributed by atoms with Gasteiger partial charge in [-0.15, -0.1) is 0 Å². The molecule has 4 fully saturated rings. The van der Waals surface area contributed by atoms with Crippen LogP contribution in [0.3, 0.4) is 0 Å². The number of aliphatic hydroxyl groups excluding tert-OH is 2. The number of aryl methyl sites for hydroxylation is 1. The quantitative estimate of drug-likeness (QED) is 0.256. The maximum atomic E-state index is 12.5. The van der Waals surface area contributed by atoms with Crippen molar-refractivity contribution in [3.63, 3.8) is 0 Å². The maximum absolute atomic E-state index is 12.5. The van der Waals surface area contributed by atoms with E-state index < -0.39 is 30.4 Å². The molecule has 6 rings (SSSR count). The molecule has 1 saturated carbocycles. The maximum Gasteiger partial charge on any atom is 0.409 e. The number of nitrogens with zero attached hydrogens (tertiary/aromatic N) is 5. The third-order valence-electron chi connectivity index (χ3n) is 8.65. The van der Waals surface area contributed by atoms with Crippen molar-refractivity contribution in [2.45, 2.75) is 81.9 Å². The van der Waals surface area contributed by atoms with Gasteiger partial charge in [0.25, 0.3) is 5.91 Å². The van der Waals surface area contributed by atoms with Crippen LogP contribution in [0.4, 0.5) is 10.6 Å². The standard InChI is InChI=1S/C27H38N8O7/c28-22-18-23(35(13-30-18)26-20(37)19(36)21(42-26)25(39)31-16-4-5-16)33-17(32-22)3-1-2-14-7-10-34(11-8-14)27(40)41-12-15-6-9-29-24(15)38/h13-16,19-21,26,36-37H,1-12H2,(H,29,38)(H,31,39)(H2,28,32,33)/t15?,19-,20?,21+,26-/m1/s1. The second-order valence-electron chi connectivity index (χ2n) is 11.7.